The van der Waals surface area contributed by atoms with Crippen LogP contribution in [-0.2, 0) is 4.74 Å². The van der Waals surface area contributed by atoms with Crippen LogP contribution in [0.1, 0.15) is 50.4 Å². The van der Waals surface area contributed by atoms with Gasteiger partial charge in [-0.2, -0.15) is 13.2 Å². The largest absolute Gasteiger partial charge is 0.484 e. The van der Waals surface area contributed by atoms with E-state index < -0.39 is 24.5 Å². The van der Waals surface area contributed by atoms with Crippen LogP contribution >= 0.6 is 0 Å². The molecule has 0 bridgehead atoms. The van der Waals surface area contributed by atoms with Gasteiger partial charge in [-0.05, 0) is 64.3 Å². The minimum Gasteiger partial charge on any atom is -0.484 e. The van der Waals surface area contributed by atoms with Crippen LogP contribution in [0.5, 0.6) is 5.75 Å². The predicted molar refractivity (Wildman–Crippen MR) is 101 cm³/mol. The van der Waals surface area contributed by atoms with Crippen LogP contribution in [0.3, 0.4) is 0 Å². The average Bonchev–Trinajstić information content (AvgIpc) is 2.63. The van der Waals surface area contributed by atoms with Gasteiger partial charge in [0.1, 0.15) is 11.4 Å². The van der Waals surface area contributed by atoms with Crippen LogP contribution in [0, 0.1) is 0 Å². The van der Waals surface area contributed by atoms with Gasteiger partial charge in [0.2, 0.25) is 0 Å². The molecule has 1 N–H and O–H groups in total. The molecule has 0 radical (unpaired) electrons. The molecule has 0 saturated carbocycles. The molecule has 1 fully saturated rings. The van der Waals surface area contributed by atoms with Crippen molar-refractivity contribution < 1.29 is 32.2 Å². The summed E-state index contributed by atoms with van der Waals surface area (Å²) in [6, 6.07) is 5.40. The van der Waals surface area contributed by atoms with E-state index in [0.29, 0.717) is 12.1 Å². The number of piperidine rings is 1. The Balaban J connectivity index is 1.97. The van der Waals surface area contributed by atoms with E-state index in [9.17, 15) is 22.8 Å². The summed E-state index contributed by atoms with van der Waals surface area (Å²) in [5, 5.41) is 2.70. The molecule has 0 aliphatic carbocycles. The number of amides is 2. The quantitative estimate of drug-likeness (QED) is 0.783. The number of hydrogen-bond acceptors (Lipinski definition) is 4. The highest BCUT2D eigenvalue weighted by Crippen LogP contribution is 2.22. The second-order valence-corrected chi connectivity index (χ2v) is 7.96. The van der Waals surface area contributed by atoms with Gasteiger partial charge < -0.3 is 19.7 Å². The molecule has 2 rings (SSSR count). The first-order chi connectivity index (χ1) is 13.4. The van der Waals surface area contributed by atoms with Crippen LogP contribution in [0.25, 0.3) is 0 Å². The van der Waals surface area contributed by atoms with Gasteiger partial charge in [-0.3, -0.25) is 4.79 Å². The Morgan fingerprint density at radius 1 is 1.14 bits per heavy atom. The van der Waals surface area contributed by atoms with Gasteiger partial charge in [0.05, 0.1) is 0 Å². The average molecular weight is 416 g/mol. The summed E-state index contributed by atoms with van der Waals surface area (Å²) in [7, 11) is 0. The lowest BCUT2D eigenvalue weighted by atomic mass is 10.0. The number of ether oxygens (including phenoxy) is 2. The van der Waals surface area contributed by atoms with E-state index in [0.717, 1.165) is 19.3 Å². The molecule has 1 aromatic carbocycles. The standard InChI is InChI=1S/C20H27F3N2O4/c1-19(2,3)29-18(27)24-12-15-6-4-5-11-25(15)17(26)14-7-9-16(10-8-14)28-13-20(21,22)23/h7-10,15H,4-6,11-13H2,1-3H3,(H,24,27). The summed E-state index contributed by atoms with van der Waals surface area (Å²) in [6.07, 6.45) is -2.43. The minimum absolute atomic E-state index is 0.0423. The molecule has 162 valence electrons. The Kier molecular flexibility index (Phi) is 7.37. The molecule has 29 heavy (non-hydrogen) atoms. The van der Waals surface area contributed by atoms with E-state index in [4.69, 9.17) is 4.74 Å². The number of carbonyl (C=O) groups is 2. The van der Waals surface area contributed by atoms with E-state index in [1.165, 1.54) is 24.3 Å². The molecule has 1 aromatic rings. The molecular weight excluding hydrogens is 389 g/mol. The Bertz CT molecular complexity index is 699. The zero-order valence-electron chi connectivity index (χ0n) is 16.8. The second-order valence-electron chi connectivity index (χ2n) is 7.96. The third-order valence-corrected chi connectivity index (χ3v) is 4.27. The van der Waals surface area contributed by atoms with E-state index in [1.807, 2.05) is 0 Å². The van der Waals surface area contributed by atoms with Gasteiger partial charge in [-0.15, -0.1) is 0 Å². The predicted octanol–water partition coefficient (Wildman–Crippen LogP) is 4.15. The molecular formula is C20H27F3N2O4. The van der Waals surface area contributed by atoms with Gasteiger partial charge >= 0.3 is 12.3 Å². The zero-order valence-corrected chi connectivity index (χ0v) is 16.8. The highest BCUT2D eigenvalue weighted by atomic mass is 19.4. The molecule has 1 heterocycles. The summed E-state index contributed by atoms with van der Waals surface area (Å²) in [6.45, 7) is 4.74. The molecule has 0 aromatic heterocycles. The first-order valence-corrected chi connectivity index (χ1v) is 9.52. The molecule has 1 atom stereocenters. The van der Waals surface area contributed by atoms with Crippen molar-refractivity contribution in [2.45, 2.75) is 57.9 Å². The van der Waals surface area contributed by atoms with Crippen molar-refractivity contribution in [1.29, 1.82) is 0 Å². The number of nitrogens with zero attached hydrogens (tertiary/aromatic N) is 1. The van der Waals surface area contributed by atoms with Crippen LogP contribution in [0.2, 0.25) is 0 Å². The van der Waals surface area contributed by atoms with Crippen molar-refractivity contribution in [3.63, 3.8) is 0 Å². The van der Waals surface area contributed by atoms with Crippen molar-refractivity contribution in [3.05, 3.63) is 29.8 Å². The smallest absolute Gasteiger partial charge is 0.422 e. The third kappa shape index (κ3) is 7.83. The SMILES string of the molecule is CC(C)(C)OC(=O)NCC1CCCCN1C(=O)c1ccc(OCC(F)(F)F)cc1. The summed E-state index contributed by atoms with van der Waals surface area (Å²) < 4.78 is 46.6. The normalized spacial score (nSPS) is 17.6. The van der Waals surface area contributed by atoms with Gasteiger partial charge in [0.25, 0.3) is 5.91 Å². The van der Waals surface area contributed by atoms with Crippen LogP contribution in [0.15, 0.2) is 24.3 Å². The lowest BCUT2D eigenvalue weighted by molar-refractivity contribution is -0.153. The Morgan fingerprint density at radius 2 is 1.79 bits per heavy atom. The first kappa shape index (κ1) is 22.8. The fraction of sp³-hybridized carbons (Fsp3) is 0.600. The lowest BCUT2D eigenvalue weighted by Gasteiger charge is -2.36. The maximum atomic E-state index is 12.9. The van der Waals surface area contributed by atoms with Crippen molar-refractivity contribution in [3.8, 4) is 5.75 Å². The second kappa shape index (κ2) is 9.37. The number of hydrogen-bond donors (Lipinski definition) is 1. The number of nitrogens with one attached hydrogen (secondary N) is 1. The highest BCUT2D eigenvalue weighted by Gasteiger charge is 2.30. The summed E-state index contributed by atoms with van der Waals surface area (Å²) in [5.41, 5.74) is -0.254. The van der Waals surface area contributed by atoms with Crippen molar-refractivity contribution in [2.75, 3.05) is 19.7 Å². The summed E-state index contributed by atoms with van der Waals surface area (Å²) in [5.74, 6) is -0.191. The fourth-order valence-corrected chi connectivity index (χ4v) is 3.02. The molecule has 1 aliphatic heterocycles. The summed E-state index contributed by atoms with van der Waals surface area (Å²) in [4.78, 5) is 26.4. The highest BCUT2D eigenvalue weighted by molar-refractivity contribution is 5.94. The molecule has 1 unspecified atom stereocenters. The van der Waals surface area contributed by atoms with Crippen molar-refractivity contribution in [1.82, 2.24) is 10.2 Å². The van der Waals surface area contributed by atoms with Crippen LogP contribution in [-0.4, -0.2) is 54.4 Å². The number of alkyl halides is 3. The molecule has 0 spiro atoms. The lowest BCUT2D eigenvalue weighted by Crippen LogP contribution is -2.50. The zero-order chi connectivity index (χ0) is 21.7. The van der Waals surface area contributed by atoms with Gasteiger partial charge in [0, 0.05) is 24.7 Å². The first-order valence-electron chi connectivity index (χ1n) is 9.52. The molecule has 1 saturated heterocycles. The van der Waals surface area contributed by atoms with E-state index in [1.54, 1.807) is 25.7 Å². The summed E-state index contributed by atoms with van der Waals surface area (Å²) >= 11 is 0. The minimum atomic E-state index is -4.42. The Labute approximate surface area is 168 Å². The van der Waals surface area contributed by atoms with Crippen LogP contribution in [0.4, 0.5) is 18.0 Å². The number of benzene rings is 1. The van der Waals surface area contributed by atoms with E-state index in [-0.39, 0.29) is 24.2 Å². The number of rotatable bonds is 5. The molecule has 1 aliphatic rings. The topological polar surface area (TPSA) is 67.9 Å². The number of carbonyl (C=O) groups excluding carboxylic acids is 2. The van der Waals surface area contributed by atoms with Gasteiger partial charge in [-0.1, -0.05) is 0 Å². The maximum absolute atomic E-state index is 12.9. The van der Waals surface area contributed by atoms with E-state index in [2.05, 4.69) is 10.1 Å². The Hall–Kier alpha value is -2.45. The maximum Gasteiger partial charge on any atom is 0.422 e. The van der Waals surface area contributed by atoms with Crippen molar-refractivity contribution >= 4 is 12.0 Å². The number of alkyl carbamates (subject to hydrolysis) is 1. The monoisotopic (exact) mass is 416 g/mol. The molecule has 2 amide bonds. The van der Waals surface area contributed by atoms with Gasteiger partial charge in [-0.25, -0.2) is 4.79 Å². The number of likely N-dealkylation sites (tertiary alicyclic amines) is 1. The Morgan fingerprint density at radius 3 is 2.38 bits per heavy atom. The van der Waals surface area contributed by atoms with E-state index >= 15 is 0 Å². The molecule has 9 heteroatoms. The molecule has 6 nitrogen and oxygen atoms in total. The number of halogens is 3. The third-order valence-electron chi connectivity index (χ3n) is 4.27. The van der Waals surface area contributed by atoms with Crippen LogP contribution < -0.4 is 10.1 Å². The van der Waals surface area contributed by atoms with Gasteiger partial charge in [0.15, 0.2) is 6.61 Å². The fourth-order valence-electron chi connectivity index (χ4n) is 3.02. The van der Waals surface area contributed by atoms with Crippen molar-refractivity contribution in [2.24, 2.45) is 0 Å².